The van der Waals surface area contributed by atoms with Gasteiger partial charge in [-0.15, -0.1) is 0 Å². The molecular weight excluding hydrogens is 260 g/mol. The maximum absolute atomic E-state index is 9.57. The van der Waals surface area contributed by atoms with Crippen LogP contribution in [0.4, 0.5) is 0 Å². The molecule has 1 rings (SSSR count). The quantitative estimate of drug-likeness (QED) is 0.758. The van der Waals surface area contributed by atoms with Gasteiger partial charge >= 0.3 is 0 Å². The van der Waals surface area contributed by atoms with Crippen molar-refractivity contribution in [1.82, 2.24) is 0 Å². The topological polar surface area (TPSA) is 81.5 Å². The van der Waals surface area contributed by atoms with Crippen LogP contribution >= 0.6 is 15.9 Å². The number of hydrogen-bond acceptors (Lipinski definition) is 4. The van der Waals surface area contributed by atoms with Crippen LogP contribution in [0.3, 0.4) is 0 Å². The Labute approximate surface area is 97.3 Å². The van der Waals surface area contributed by atoms with Gasteiger partial charge in [0.15, 0.2) is 0 Å². The second-order valence-corrected chi connectivity index (χ2v) is 4.13. The fourth-order valence-corrected chi connectivity index (χ4v) is 1.70. The third kappa shape index (κ3) is 2.92. The van der Waals surface area contributed by atoms with Crippen LogP contribution in [0.2, 0.25) is 0 Å². The number of aliphatic hydroxyl groups is 1. The number of rotatable bonds is 4. The van der Waals surface area contributed by atoms with Gasteiger partial charge in [-0.3, -0.25) is 0 Å². The summed E-state index contributed by atoms with van der Waals surface area (Å²) in [4.78, 5) is 0. The number of nitrogens with two attached hydrogens (primary N) is 2. The molecular formula is C10H15BrN2O2. The molecule has 0 aliphatic heterocycles. The summed E-state index contributed by atoms with van der Waals surface area (Å²) >= 11 is 3.34. The molecule has 15 heavy (non-hydrogen) atoms. The summed E-state index contributed by atoms with van der Waals surface area (Å²) in [6.45, 7) is 0.122. The van der Waals surface area contributed by atoms with Gasteiger partial charge in [0.25, 0.3) is 0 Å². The highest BCUT2D eigenvalue weighted by Crippen LogP contribution is 2.28. The smallest absolute Gasteiger partial charge is 0.123 e. The number of methoxy groups -OCH3 is 1. The Morgan fingerprint density at radius 2 is 2.20 bits per heavy atom. The summed E-state index contributed by atoms with van der Waals surface area (Å²) in [6.07, 6.45) is -0.770. The van der Waals surface area contributed by atoms with Crippen molar-refractivity contribution in [3.05, 3.63) is 28.2 Å². The molecule has 2 unspecified atom stereocenters. The fraction of sp³-hybridized carbons (Fsp3) is 0.400. The van der Waals surface area contributed by atoms with Crippen molar-refractivity contribution in [2.24, 2.45) is 11.5 Å². The lowest BCUT2D eigenvalue weighted by Crippen LogP contribution is -2.33. The van der Waals surface area contributed by atoms with Gasteiger partial charge in [0.05, 0.1) is 19.3 Å². The second-order valence-electron chi connectivity index (χ2n) is 3.22. The molecule has 84 valence electrons. The van der Waals surface area contributed by atoms with Crippen molar-refractivity contribution in [3.63, 3.8) is 0 Å². The monoisotopic (exact) mass is 274 g/mol. The van der Waals surface area contributed by atoms with Crippen LogP contribution in [0.15, 0.2) is 22.7 Å². The van der Waals surface area contributed by atoms with Crippen LogP contribution in [-0.4, -0.2) is 24.9 Å². The molecule has 0 saturated heterocycles. The molecule has 5 N–H and O–H groups in total. The van der Waals surface area contributed by atoms with Crippen LogP contribution in [0.1, 0.15) is 11.6 Å². The van der Waals surface area contributed by atoms with Crippen molar-refractivity contribution < 1.29 is 9.84 Å². The van der Waals surface area contributed by atoms with Gasteiger partial charge in [0.2, 0.25) is 0 Å². The second kappa shape index (κ2) is 5.46. The highest BCUT2D eigenvalue weighted by atomic mass is 79.9. The average Bonchev–Trinajstić information content (AvgIpc) is 2.27. The standard InChI is InChI=1S/C10H15BrN2O2/c1-15-9-3-2-6(11)4-7(9)10(13)8(14)5-12/h2-4,8,10,14H,5,12-13H2,1H3. The van der Waals surface area contributed by atoms with E-state index < -0.39 is 12.1 Å². The zero-order chi connectivity index (χ0) is 11.4. The molecule has 0 fully saturated rings. The Hall–Kier alpha value is -0.620. The molecule has 2 atom stereocenters. The molecule has 0 heterocycles. The lowest BCUT2D eigenvalue weighted by molar-refractivity contribution is 0.151. The summed E-state index contributed by atoms with van der Waals surface area (Å²) in [5.41, 5.74) is 12.0. The number of hydrogen-bond donors (Lipinski definition) is 3. The van der Waals surface area contributed by atoms with Crippen molar-refractivity contribution in [1.29, 1.82) is 0 Å². The Balaban J connectivity index is 3.05. The van der Waals surface area contributed by atoms with E-state index in [4.69, 9.17) is 16.2 Å². The minimum absolute atomic E-state index is 0.122. The molecule has 0 aromatic heterocycles. The molecule has 0 saturated carbocycles. The van der Waals surface area contributed by atoms with Gasteiger partial charge < -0.3 is 21.3 Å². The van der Waals surface area contributed by atoms with E-state index in [1.54, 1.807) is 13.2 Å². The largest absolute Gasteiger partial charge is 0.496 e. The first-order chi connectivity index (χ1) is 7.10. The van der Waals surface area contributed by atoms with Crippen molar-refractivity contribution >= 4 is 15.9 Å². The first-order valence-corrected chi connectivity index (χ1v) is 5.36. The maximum atomic E-state index is 9.57. The van der Waals surface area contributed by atoms with Crippen molar-refractivity contribution in [3.8, 4) is 5.75 Å². The van der Waals surface area contributed by atoms with Crippen molar-refractivity contribution in [2.45, 2.75) is 12.1 Å². The molecule has 5 heteroatoms. The number of aliphatic hydroxyl groups excluding tert-OH is 1. The van der Waals surface area contributed by atoms with Crippen molar-refractivity contribution in [2.75, 3.05) is 13.7 Å². The van der Waals surface area contributed by atoms with Crippen LogP contribution < -0.4 is 16.2 Å². The maximum Gasteiger partial charge on any atom is 0.123 e. The van der Waals surface area contributed by atoms with Crippen LogP contribution in [0.5, 0.6) is 5.75 Å². The number of halogens is 1. The van der Waals surface area contributed by atoms with E-state index in [9.17, 15) is 5.11 Å². The Morgan fingerprint density at radius 1 is 1.53 bits per heavy atom. The van der Waals surface area contributed by atoms with Gasteiger partial charge in [-0.05, 0) is 18.2 Å². The van der Waals surface area contributed by atoms with Crippen LogP contribution in [-0.2, 0) is 0 Å². The Kier molecular flexibility index (Phi) is 4.53. The molecule has 1 aromatic rings. The Morgan fingerprint density at radius 3 is 2.73 bits per heavy atom. The molecule has 0 bridgehead atoms. The molecule has 0 radical (unpaired) electrons. The van der Waals surface area contributed by atoms with Gasteiger partial charge in [0.1, 0.15) is 5.75 Å². The molecule has 4 nitrogen and oxygen atoms in total. The molecule has 0 aliphatic carbocycles. The minimum Gasteiger partial charge on any atom is -0.496 e. The third-order valence-electron chi connectivity index (χ3n) is 2.21. The van der Waals surface area contributed by atoms with Gasteiger partial charge in [-0.2, -0.15) is 0 Å². The zero-order valence-electron chi connectivity index (χ0n) is 8.48. The van der Waals surface area contributed by atoms with E-state index in [1.165, 1.54) is 0 Å². The van der Waals surface area contributed by atoms with E-state index >= 15 is 0 Å². The predicted octanol–water partition coefficient (Wildman–Crippen LogP) is 0.777. The van der Waals surface area contributed by atoms with Crippen LogP contribution in [0, 0.1) is 0 Å². The summed E-state index contributed by atoms with van der Waals surface area (Å²) < 4.78 is 6.05. The number of ether oxygens (including phenoxy) is 1. The van der Waals surface area contributed by atoms with E-state index in [2.05, 4.69) is 15.9 Å². The molecule has 1 aromatic carbocycles. The predicted molar refractivity (Wildman–Crippen MR) is 62.7 cm³/mol. The van der Waals surface area contributed by atoms with Gasteiger partial charge in [-0.25, -0.2) is 0 Å². The van der Waals surface area contributed by atoms with E-state index in [-0.39, 0.29) is 6.54 Å². The average molecular weight is 275 g/mol. The lowest BCUT2D eigenvalue weighted by Gasteiger charge is -2.20. The summed E-state index contributed by atoms with van der Waals surface area (Å²) in [7, 11) is 1.56. The normalized spacial score (nSPS) is 14.7. The Bertz CT molecular complexity index is 333. The van der Waals surface area contributed by atoms with E-state index in [0.717, 1.165) is 10.0 Å². The fourth-order valence-electron chi connectivity index (χ4n) is 1.32. The van der Waals surface area contributed by atoms with Crippen LogP contribution in [0.25, 0.3) is 0 Å². The van der Waals surface area contributed by atoms with E-state index in [0.29, 0.717) is 5.75 Å². The lowest BCUT2D eigenvalue weighted by atomic mass is 10.0. The molecule has 0 aliphatic rings. The molecule has 0 spiro atoms. The third-order valence-corrected chi connectivity index (χ3v) is 2.70. The number of benzene rings is 1. The van der Waals surface area contributed by atoms with Gasteiger partial charge in [-0.1, -0.05) is 15.9 Å². The van der Waals surface area contributed by atoms with E-state index in [1.807, 2.05) is 12.1 Å². The highest BCUT2D eigenvalue weighted by molar-refractivity contribution is 9.10. The summed E-state index contributed by atoms with van der Waals surface area (Å²) in [5, 5.41) is 9.57. The zero-order valence-corrected chi connectivity index (χ0v) is 10.1. The summed E-state index contributed by atoms with van der Waals surface area (Å²) in [5.74, 6) is 0.651. The first kappa shape index (κ1) is 12.4. The highest BCUT2D eigenvalue weighted by Gasteiger charge is 2.19. The minimum atomic E-state index is -0.770. The van der Waals surface area contributed by atoms with Gasteiger partial charge in [0, 0.05) is 16.6 Å². The summed E-state index contributed by atoms with van der Waals surface area (Å²) in [6, 6.07) is 4.93. The first-order valence-electron chi connectivity index (χ1n) is 4.57. The SMILES string of the molecule is COc1ccc(Br)cc1C(N)C(O)CN. The molecule has 0 amide bonds.